The van der Waals surface area contributed by atoms with Gasteiger partial charge >= 0.3 is 5.97 Å². The van der Waals surface area contributed by atoms with Crippen molar-refractivity contribution >= 4 is 17.8 Å². The molecule has 27 heavy (non-hydrogen) atoms. The molecule has 0 bridgehead atoms. The molecule has 156 valence electrons. The zero-order chi connectivity index (χ0) is 21.1. The number of hydrogen-bond acceptors (Lipinski definition) is 4. The molecule has 0 fully saturated rings. The molecular weight excluding hydrogens is 344 g/mol. The minimum Gasteiger partial charge on any atom is -0.465 e. The lowest BCUT2D eigenvalue weighted by Crippen LogP contribution is -2.55. The van der Waals surface area contributed by atoms with Crippen LogP contribution in [0.2, 0.25) is 0 Å². The molecule has 0 rings (SSSR count). The van der Waals surface area contributed by atoms with E-state index in [9.17, 15) is 14.4 Å². The Morgan fingerprint density at radius 3 is 2.22 bits per heavy atom. The van der Waals surface area contributed by atoms with Crippen molar-refractivity contribution in [2.45, 2.75) is 79.2 Å². The third kappa shape index (κ3) is 10.2. The van der Waals surface area contributed by atoms with E-state index in [4.69, 9.17) is 4.74 Å². The molecule has 2 N–H and O–H groups in total. The minimum absolute atomic E-state index is 0.0478. The highest BCUT2D eigenvalue weighted by atomic mass is 16.5. The van der Waals surface area contributed by atoms with E-state index in [1.165, 1.54) is 0 Å². The Morgan fingerprint density at radius 2 is 1.70 bits per heavy atom. The number of nitrogens with one attached hydrogen (secondary N) is 2. The highest BCUT2D eigenvalue weighted by Gasteiger charge is 2.31. The fraction of sp³-hybridized carbons (Fsp3) is 0.762. The molecule has 0 aliphatic rings. The molecular formula is C21H38N2O4. The number of unbranched alkanes of at least 4 members (excludes halogenated alkanes) is 1. The Kier molecular flexibility index (Phi) is 11.0. The van der Waals surface area contributed by atoms with Crippen molar-refractivity contribution < 1.29 is 19.1 Å². The third-order valence-electron chi connectivity index (χ3n) is 4.40. The lowest BCUT2D eigenvalue weighted by Gasteiger charge is -2.29. The maximum atomic E-state index is 12.4. The summed E-state index contributed by atoms with van der Waals surface area (Å²) in [6, 6.07) is 0. The number of ether oxygens (including phenoxy) is 1. The van der Waals surface area contributed by atoms with Gasteiger partial charge in [0.1, 0.15) is 5.54 Å². The molecule has 0 spiro atoms. The number of carbonyl (C=O) groups is 3. The first-order valence-electron chi connectivity index (χ1n) is 9.88. The first kappa shape index (κ1) is 25.1. The van der Waals surface area contributed by atoms with Crippen molar-refractivity contribution in [2.75, 3.05) is 13.2 Å². The van der Waals surface area contributed by atoms with Gasteiger partial charge < -0.3 is 15.4 Å². The molecule has 0 radical (unpaired) electrons. The van der Waals surface area contributed by atoms with Crippen LogP contribution < -0.4 is 10.6 Å². The van der Waals surface area contributed by atoms with Gasteiger partial charge in [-0.2, -0.15) is 0 Å². The van der Waals surface area contributed by atoms with Crippen LogP contribution in [0.1, 0.15) is 73.6 Å². The Balaban J connectivity index is 4.58. The molecule has 1 atom stereocenters. The van der Waals surface area contributed by atoms with Crippen LogP contribution in [0.4, 0.5) is 0 Å². The summed E-state index contributed by atoms with van der Waals surface area (Å²) in [4.78, 5) is 36.2. The molecule has 0 saturated heterocycles. The largest absolute Gasteiger partial charge is 0.465 e. The van der Waals surface area contributed by atoms with E-state index < -0.39 is 16.9 Å². The van der Waals surface area contributed by atoms with Crippen LogP contribution in [0.25, 0.3) is 0 Å². The lowest BCUT2D eigenvalue weighted by molar-refractivity contribution is -0.152. The van der Waals surface area contributed by atoms with Gasteiger partial charge in [-0.25, -0.2) is 0 Å². The average Bonchev–Trinajstić information content (AvgIpc) is 2.60. The van der Waals surface area contributed by atoms with Gasteiger partial charge in [0.05, 0.1) is 12.5 Å². The van der Waals surface area contributed by atoms with E-state index in [2.05, 4.69) is 31.1 Å². The molecule has 0 aromatic heterocycles. The number of amides is 2. The maximum Gasteiger partial charge on any atom is 0.308 e. The molecule has 0 heterocycles. The fourth-order valence-corrected chi connectivity index (χ4v) is 2.57. The quantitative estimate of drug-likeness (QED) is 0.378. The van der Waals surface area contributed by atoms with E-state index in [1.807, 2.05) is 13.8 Å². The van der Waals surface area contributed by atoms with Gasteiger partial charge in [-0.15, -0.1) is 0 Å². The normalized spacial score (nSPS) is 12.8. The van der Waals surface area contributed by atoms with Crippen molar-refractivity contribution in [3.63, 3.8) is 0 Å². The van der Waals surface area contributed by atoms with E-state index in [1.54, 1.807) is 13.8 Å². The first-order chi connectivity index (χ1) is 12.5. The Hall–Kier alpha value is -1.85. The van der Waals surface area contributed by atoms with Crippen molar-refractivity contribution in [1.29, 1.82) is 0 Å². The van der Waals surface area contributed by atoms with Crippen molar-refractivity contribution in [3.05, 3.63) is 12.7 Å². The standard InChI is InChI=1S/C21H38N2O4/c1-8-11-13-16(12-9-2)18(25)27-15-20(4,5)14-22-19(26)21(6,7)23-17(24)10-3/h10,16H,3,8-9,11-15H2,1-2,4-7H3,(H,22,26)(H,23,24). The molecule has 6 nitrogen and oxygen atoms in total. The number of hydrogen-bond donors (Lipinski definition) is 2. The fourth-order valence-electron chi connectivity index (χ4n) is 2.57. The number of carbonyl (C=O) groups excluding carboxylic acids is 3. The van der Waals surface area contributed by atoms with Gasteiger partial charge in [-0.3, -0.25) is 14.4 Å². The van der Waals surface area contributed by atoms with Crippen molar-refractivity contribution in [2.24, 2.45) is 11.3 Å². The smallest absolute Gasteiger partial charge is 0.308 e. The van der Waals surface area contributed by atoms with Crippen LogP contribution in [0.3, 0.4) is 0 Å². The Bertz CT molecular complexity index is 512. The summed E-state index contributed by atoms with van der Waals surface area (Å²) in [5.41, 5.74) is -1.46. The van der Waals surface area contributed by atoms with Gasteiger partial charge in [0, 0.05) is 12.0 Å². The average molecular weight is 383 g/mol. The van der Waals surface area contributed by atoms with Gasteiger partial charge in [0.2, 0.25) is 11.8 Å². The summed E-state index contributed by atoms with van der Waals surface area (Å²) in [6.07, 6.45) is 5.86. The first-order valence-corrected chi connectivity index (χ1v) is 9.88. The maximum absolute atomic E-state index is 12.4. The number of rotatable bonds is 13. The van der Waals surface area contributed by atoms with E-state index in [0.29, 0.717) is 6.54 Å². The van der Waals surface area contributed by atoms with E-state index >= 15 is 0 Å². The minimum atomic E-state index is -1.05. The van der Waals surface area contributed by atoms with Crippen LogP contribution in [0, 0.1) is 11.3 Å². The third-order valence-corrected chi connectivity index (χ3v) is 4.40. The van der Waals surface area contributed by atoms with Crippen molar-refractivity contribution in [1.82, 2.24) is 10.6 Å². The zero-order valence-electron chi connectivity index (χ0n) is 17.9. The SMILES string of the molecule is C=CC(=O)NC(C)(C)C(=O)NCC(C)(C)COC(=O)C(CCC)CCCC. The second-order valence-corrected chi connectivity index (χ2v) is 8.40. The van der Waals surface area contributed by atoms with Crippen LogP contribution in [0.15, 0.2) is 12.7 Å². The monoisotopic (exact) mass is 382 g/mol. The summed E-state index contributed by atoms with van der Waals surface area (Å²) in [6.45, 7) is 15.2. The molecule has 2 amide bonds. The topological polar surface area (TPSA) is 84.5 Å². The molecule has 0 saturated carbocycles. The summed E-state index contributed by atoms with van der Waals surface area (Å²) in [5.74, 6) is -0.905. The predicted molar refractivity (Wildman–Crippen MR) is 108 cm³/mol. The Morgan fingerprint density at radius 1 is 1.07 bits per heavy atom. The summed E-state index contributed by atoms with van der Waals surface area (Å²) < 4.78 is 5.55. The second-order valence-electron chi connectivity index (χ2n) is 8.40. The van der Waals surface area contributed by atoms with Crippen LogP contribution >= 0.6 is 0 Å². The molecule has 0 aromatic carbocycles. The van der Waals surface area contributed by atoms with Crippen molar-refractivity contribution in [3.8, 4) is 0 Å². The molecule has 0 aliphatic carbocycles. The molecule has 6 heteroatoms. The summed E-state index contributed by atoms with van der Waals surface area (Å²) in [5, 5.41) is 5.41. The van der Waals surface area contributed by atoms with Gasteiger partial charge in [-0.05, 0) is 32.8 Å². The highest BCUT2D eigenvalue weighted by Crippen LogP contribution is 2.20. The highest BCUT2D eigenvalue weighted by molar-refractivity contribution is 5.94. The van der Waals surface area contributed by atoms with E-state index in [-0.39, 0.29) is 24.4 Å². The summed E-state index contributed by atoms with van der Waals surface area (Å²) in [7, 11) is 0. The van der Waals surface area contributed by atoms with E-state index in [0.717, 1.165) is 38.2 Å². The predicted octanol–water partition coefficient (Wildman–Crippen LogP) is 3.36. The molecule has 0 aliphatic heterocycles. The van der Waals surface area contributed by atoms with Gasteiger partial charge in [0.15, 0.2) is 0 Å². The zero-order valence-corrected chi connectivity index (χ0v) is 17.9. The number of esters is 1. The van der Waals surface area contributed by atoms with Crippen LogP contribution in [-0.2, 0) is 19.1 Å². The Labute approximate surface area is 164 Å². The van der Waals surface area contributed by atoms with Crippen LogP contribution in [0.5, 0.6) is 0 Å². The van der Waals surface area contributed by atoms with Crippen LogP contribution in [-0.4, -0.2) is 36.5 Å². The summed E-state index contributed by atoms with van der Waals surface area (Å²) >= 11 is 0. The second kappa shape index (κ2) is 11.8. The lowest BCUT2D eigenvalue weighted by atomic mass is 9.93. The molecule has 0 aromatic rings. The van der Waals surface area contributed by atoms with Gasteiger partial charge in [-0.1, -0.05) is 53.5 Å². The van der Waals surface area contributed by atoms with Gasteiger partial charge in [0.25, 0.3) is 0 Å². The molecule has 1 unspecified atom stereocenters.